The van der Waals surface area contributed by atoms with E-state index in [9.17, 15) is 0 Å². The van der Waals surface area contributed by atoms with Crippen molar-refractivity contribution >= 4 is 11.6 Å². The number of nitrogens with one attached hydrogen (secondary N) is 1. The molecule has 0 saturated carbocycles. The third-order valence-electron chi connectivity index (χ3n) is 1.67. The second-order valence-electron chi connectivity index (χ2n) is 3.08. The molecule has 0 fully saturated rings. The molecule has 0 amide bonds. The summed E-state index contributed by atoms with van der Waals surface area (Å²) in [6.07, 6.45) is 0. The number of rotatable bonds is 4. The van der Waals surface area contributed by atoms with Crippen LogP contribution in [0.3, 0.4) is 0 Å². The lowest BCUT2D eigenvalue weighted by atomic mass is 10.2. The van der Waals surface area contributed by atoms with E-state index < -0.39 is 0 Å². The Labute approximate surface area is 83.5 Å². The molecule has 0 radical (unpaired) electrons. The summed E-state index contributed by atoms with van der Waals surface area (Å²) in [4.78, 5) is 0. The third-order valence-corrected chi connectivity index (χ3v) is 1.82. The third kappa shape index (κ3) is 4.15. The van der Waals surface area contributed by atoms with Crippen LogP contribution >= 0.6 is 11.6 Å². The summed E-state index contributed by atoms with van der Waals surface area (Å²) < 4.78 is 0. The Bertz CT molecular complexity index is 263. The first kappa shape index (κ1) is 10.4. The highest BCUT2D eigenvalue weighted by Crippen LogP contribution is 2.10. The lowest BCUT2D eigenvalue weighted by Gasteiger charge is -2.06. The van der Waals surface area contributed by atoms with Crippen LogP contribution < -0.4 is 5.32 Å². The topological polar surface area (TPSA) is 32.3 Å². The molecule has 1 atom stereocenters. The number of hydrogen-bond donors (Lipinski definition) is 2. The van der Waals surface area contributed by atoms with Crippen molar-refractivity contribution in [3.8, 4) is 5.75 Å². The van der Waals surface area contributed by atoms with Gasteiger partial charge in [0.2, 0.25) is 0 Å². The molecule has 2 nitrogen and oxygen atoms in total. The maximum atomic E-state index is 9.17. The predicted molar refractivity (Wildman–Crippen MR) is 55.1 cm³/mol. The number of hydrogen-bond acceptors (Lipinski definition) is 2. The van der Waals surface area contributed by atoms with Crippen LogP contribution in [-0.4, -0.2) is 17.0 Å². The van der Waals surface area contributed by atoms with Crippen LogP contribution in [0.25, 0.3) is 0 Å². The lowest BCUT2D eigenvalue weighted by Crippen LogP contribution is -2.20. The Balaban J connectivity index is 2.37. The monoisotopic (exact) mass is 199 g/mol. The predicted octanol–water partition coefficient (Wildman–Crippen LogP) is 2.11. The maximum absolute atomic E-state index is 9.17. The zero-order chi connectivity index (χ0) is 9.68. The Morgan fingerprint density at radius 1 is 1.54 bits per heavy atom. The lowest BCUT2D eigenvalue weighted by molar-refractivity contribution is 0.474. The van der Waals surface area contributed by atoms with Crippen LogP contribution in [0, 0.1) is 0 Å². The quantitative estimate of drug-likeness (QED) is 0.729. The summed E-state index contributed by atoms with van der Waals surface area (Å²) in [5, 5.41) is 12.5. The number of alkyl halides is 1. The van der Waals surface area contributed by atoms with Crippen molar-refractivity contribution in [2.24, 2.45) is 0 Å². The average Bonchev–Trinajstić information content (AvgIpc) is 2.03. The fourth-order valence-electron chi connectivity index (χ4n) is 1.08. The largest absolute Gasteiger partial charge is 0.508 e. The van der Waals surface area contributed by atoms with Gasteiger partial charge in [-0.15, -0.1) is 11.6 Å². The van der Waals surface area contributed by atoms with Gasteiger partial charge in [0.25, 0.3) is 0 Å². The van der Waals surface area contributed by atoms with E-state index in [2.05, 4.69) is 5.32 Å². The summed E-state index contributed by atoms with van der Waals surface area (Å²) >= 11 is 5.76. The molecule has 0 heterocycles. The molecule has 1 aromatic rings. The average molecular weight is 200 g/mol. The molecular formula is C10H14ClNO. The van der Waals surface area contributed by atoms with Crippen LogP contribution in [-0.2, 0) is 6.54 Å². The molecule has 0 aliphatic rings. The molecular weight excluding hydrogens is 186 g/mol. The van der Waals surface area contributed by atoms with Crippen LogP contribution in [0.4, 0.5) is 0 Å². The van der Waals surface area contributed by atoms with Crippen molar-refractivity contribution in [3.05, 3.63) is 29.8 Å². The molecule has 1 rings (SSSR count). The van der Waals surface area contributed by atoms with E-state index in [1.54, 1.807) is 12.1 Å². The Hall–Kier alpha value is -0.730. The molecule has 0 saturated heterocycles. The van der Waals surface area contributed by atoms with Gasteiger partial charge < -0.3 is 10.4 Å². The number of halogens is 1. The van der Waals surface area contributed by atoms with Crippen molar-refractivity contribution < 1.29 is 5.11 Å². The van der Waals surface area contributed by atoms with Crippen LogP contribution in [0.5, 0.6) is 5.75 Å². The van der Waals surface area contributed by atoms with E-state index in [0.29, 0.717) is 5.75 Å². The van der Waals surface area contributed by atoms with E-state index in [1.807, 2.05) is 19.1 Å². The zero-order valence-corrected chi connectivity index (χ0v) is 8.38. The minimum Gasteiger partial charge on any atom is -0.508 e. The molecule has 2 N–H and O–H groups in total. The van der Waals surface area contributed by atoms with Gasteiger partial charge in [0.1, 0.15) is 5.75 Å². The van der Waals surface area contributed by atoms with Crippen LogP contribution in [0.15, 0.2) is 24.3 Å². The fourth-order valence-corrected chi connectivity index (χ4v) is 1.19. The van der Waals surface area contributed by atoms with Gasteiger partial charge in [-0.3, -0.25) is 0 Å². The van der Waals surface area contributed by atoms with E-state index in [1.165, 1.54) is 0 Å². The fraction of sp³-hybridized carbons (Fsp3) is 0.400. The van der Waals surface area contributed by atoms with E-state index in [-0.39, 0.29) is 5.38 Å². The Morgan fingerprint density at radius 3 is 2.92 bits per heavy atom. The Morgan fingerprint density at radius 2 is 2.31 bits per heavy atom. The molecule has 72 valence electrons. The maximum Gasteiger partial charge on any atom is 0.115 e. The second kappa shape index (κ2) is 5.10. The molecule has 0 aromatic heterocycles. The highest BCUT2D eigenvalue weighted by molar-refractivity contribution is 6.20. The summed E-state index contributed by atoms with van der Waals surface area (Å²) in [5.41, 5.74) is 1.07. The molecule has 13 heavy (non-hydrogen) atoms. The molecule has 3 heteroatoms. The minimum atomic E-state index is 0.136. The van der Waals surface area contributed by atoms with Crippen LogP contribution in [0.1, 0.15) is 12.5 Å². The first-order valence-corrected chi connectivity index (χ1v) is 4.75. The molecule has 0 spiro atoms. The van der Waals surface area contributed by atoms with Gasteiger partial charge in [0.15, 0.2) is 0 Å². The highest BCUT2D eigenvalue weighted by atomic mass is 35.5. The van der Waals surface area contributed by atoms with E-state index >= 15 is 0 Å². The SMILES string of the molecule is CC(Cl)CNCc1cccc(O)c1. The normalized spacial score (nSPS) is 12.8. The number of benzene rings is 1. The number of phenolic OH excluding ortho intramolecular Hbond substituents is 1. The highest BCUT2D eigenvalue weighted by Gasteiger charge is 1.96. The minimum absolute atomic E-state index is 0.136. The molecule has 1 unspecified atom stereocenters. The molecule has 0 bridgehead atoms. The van der Waals surface area contributed by atoms with Crippen LogP contribution in [0.2, 0.25) is 0 Å². The summed E-state index contributed by atoms with van der Waals surface area (Å²) in [7, 11) is 0. The van der Waals surface area contributed by atoms with Gasteiger partial charge in [0.05, 0.1) is 0 Å². The van der Waals surface area contributed by atoms with Crippen molar-refractivity contribution in [1.82, 2.24) is 5.32 Å². The van der Waals surface area contributed by atoms with E-state index in [4.69, 9.17) is 16.7 Å². The first-order valence-electron chi connectivity index (χ1n) is 4.31. The molecule has 1 aromatic carbocycles. The van der Waals surface area contributed by atoms with E-state index in [0.717, 1.165) is 18.7 Å². The van der Waals surface area contributed by atoms with Gasteiger partial charge >= 0.3 is 0 Å². The van der Waals surface area contributed by atoms with Crippen molar-refractivity contribution in [2.75, 3.05) is 6.54 Å². The van der Waals surface area contributed by atoms with Crippen molar-refractivity contribution in [1.29, 1.82) is 0 Å². The van der Waals surface area contributed by atoms with Gasteiger partial charge in [-0.25, -0.2) is 0 Å². The summed E-state index contributed by atoms with van der Waals surface area (Å²) in [6.45, 7) is 3.46. The number of aromatic hydroxyl groups is 1. The number of phenols is 1. The van der Waals surface area contributed by atoms with Gasteiger partial charge in [-0.2, -0.15) is 0 Å². The van der Waals surface area contributed by atoms with Gasteiger partial charge in [0, 0.05) is 18.5 Å². The smallest absolute Gasteiger partial charge is 0.115 e. The Kier molecular flexibility index (Phi) is 4.06. The van der Waals surface area contributed by atoms with Gasteiger partial charge in [-0.05, 0) is 24.6 Å². The van der Waals surface area contributed by atoms with Gasteiger partial charge in [-0.1, -0.05) is 12.1 Å². The standard InChI is InChI=1S/C10H14ClNO/c1-8(11)6-12-7-9-3-2-4-10(13)5-9/h2-5,8,12-13H,6-7H2,1H3. The van der Waals surface area contributed by atoms with Crippen molar-refractivity contribution in [2.45, 2.75) is 18.8 Å². The summed E-state index contributed by atoms with van der Waals surface area (Å²) in [5.74, 6) is 0.304. The molecule has 0 aliphatic carbocycles. The first-order chi connectivity index (χ1) is 6.18. The molecule has 0 aliphatic heterocycles. The second-order valence-corrected chi connectivity index (χ2v) is 3.83. The zero-order valence-electron chi connectivity index (χ0n) is 7.63. The van der Waals surface area contributed by atoms with Crippen molar-refractivity contribution in [3.63, 3.8) is 0 Å². The summed E-state index contributed by atoms with van der Waals surface area (Å²) in [6, 6.07) is 7.20.